The average molecular weight is 1110 g/mol. The Morgan fingerprint density at radius 2 is 0.722 bits per heavy atom. The topological polar surface area (TPSA) is 394 Å². The van der Waals surface area contributed by atoms with Gasteiger partial charge in [-0.25, -0.2) is 14.4 Å². The lowest BCUT2D eigenvalue weighted by Gasteiger charge is -2.32. The number of carboxylic acids is 6. The van der Waals surface area contributed by atoms with Crippen LogP contribution in [0.2, 0.25) is 0 Å². The molecule has 0 saturated carbocycles. The number of hydrogen-bond donors (Lipinski definition) is 12. The number of unbranched alkanes of at least 4 members (excludes halogenated alkanes) is 1. The number of carbonyl (C=O) groups is 11. The maximum absolute atomic E-state index is 13.2. The smallest absolute Gasteiger partial charge is 0.326 e. The summed E-state index contributed by atoms with van der Waals surface area (Å²) in [6, 6.07) is 15.8. The quantitative estimate of drug-likeness (QED) is 0.0394. The van der Waals surface area contributed by atoms with Gasteiger partial charge in [0.15, 0.2) is 0 Å². The summed E-state index contributed by atoms with van der Waals surface area (Å²) in [4.78, 5) is 139. The molecule has 1 aliphatic heterocycles. The average Bonchev–Trinajstić information content (AvgIpc) is 3.40. The molecule has 1 aliphatic rings. The second-order valence-electron chi connectivity index (χ2n) is 18.6. The lowest BCUT2D eigenvalue weighted by Crippen LogP contribution is -2.51. The molecule has 0 unspecified atom stereocenters. The summed E-state index contributed by atoms with van der Waals surface area (Å²) in [6.45, 7) is 1.91. The number of urea groups is 1. The van der Waals surface area contributed by atoms with Crippen molar-refractivity contribution in [2.75, 3.05) is 85.1 Å². The third-order valence-corrected chi connectivity index (χ3v) is 12.5. The van der Waals surface area contributed by atoms with E-state index in [0.717, 1.165) is 5.56 Å². The van der Waals surface area contributed by atoms with Gasteiger partial charge >= 0.3 is 41.8 Å². The van der Waals surface area contributed by atoms with Crippen LogP contribution in [0.5, 0.6) is 0 Å². The molecule has 1 fully saturated rings. The Morgan fingerprint density at radius 3 is 1.06 bits per heavy atom. The molecule has 0 bridgehead atoms. The molecule has 2 atom stereocenters. The molecule has 1 heterocycles. The predicted molar refractivity (Wildman–Crippen MR) is 280 cm³/mol. The second-order valence-corrected chi connectivity index (χ2v) is 18.6. The molecule has 3 aromatic rings. The molecule has 0 radical (unpaired) electrons. The van der Waals surface area contributed by atoms with Crippen molar-refractivity contribution in [2.24, 2.45) is 0 Å². The first-order valence-electron chi connectivity index (χ1n) is 25.3. The predicted octanol–water partition coefficient (Wildman–Crippen LogP) is -0.391. The number of hydrogen-bond acceptors (Lipinski definition) is 15. The molecule has 79 heavy (non-hydrogen) atoms. The normalized spacial score (nSPS) is 14.6. The van der Waals surface area contributed by atoms with Crippen molar-refractivity contribution < 1.29 is 83.4 Å². The molecule has 0 aliphatic carbocycles. The van der Waals surface area contributed by atoms with Crippen LogP contribution in [0.15, 0.2) is 72.8 Å². The van der Waals surface area contributed by atoms with Crippen LogP contribution in [0.25, 0.3) is 0 Å². The van der Waals surface area contributed by atoms with Gasteiger partial charge in [-0.05, 0) is 78.8 Å². The van der Waals surface area contributed by atoms with Gasteiger partial charge in [0, 0.05) is 102 Å². The first-order valence-corrected chi connectivity index (χ1v) is 25.3. The minimum Gasteiger partial charge on any atom is -0.481 e. The number of benzene rings is 3. The minimum absolute atomic E-state index is 0.0308. The largest absolute Gasteiger partial charge is 0.481 e. The summed E-state index contributed by atoms with van der Waals surface area (Å²) in [5, 5.41) is 71.3. The molecule has 428 valence electrons. The second kappa shape index (κ2) is 32.9. The van der Waals surface area contributed by atoms with Gasteiger partial charge in [-0.15, -0.1) is 0 Å². The molecule has 4 rings (SSSR count). The molecule has 6 amide bonds. The summed E-state index contributed by atoms with van der Waals surface area (Å²) in [7, 11) is 0. The van der Waals surface area contributed by atoms with Crippen molar-refractivity contribution >= 4 is 65.5 Å². The SMILES string of the molecule is O=C(O)CC[C@H](NC(=O)N[C@@H](CCCCNC(=O)c1ccc(CNC(=O)c2ccc(CNC(=O)c3ccc(CNC(=O)CN4CCN(CC(=O)O)CCN(CC(=O)O)CCN(CC(=O)O)CC4)cc3)cc2)cc1)C(=O)O)C(=O)O. The van der Waals surface area contributed by atoms with Gasteiger partial charge in [0.25, 0.3) is 17.7 Å². The zero-order valence-electron chi connectivity index (χ0n) is 43.4. The molecule has 0 spiro atoms. The van der Waals surface area contributed by atoms with Crippen molar-refractivity contribution in [2.45, 2.75) is 63.8 Å². The fraction of sp³-hybridized carbons (Fsp3) is 0.442. The van der Waals surface area contributed by atoms with E-state index in [0.29, 0.717) is 47.3 Å². The zero-order chi connectivity index (χ0) is 57.9. The first-order chi connectivity index (χ1) is 37.6. The zero-order valence-corrected chi connectivity index (χ0v) is 43.4. The number of nitrogens with one attached hydrogen (secondary N) is 6. The number of carbonyl (C=O) groups excluding carboxylic acids is 5. The third kappa shape index (κ3) is 24.6. The summed E-state index contributed by atoms with van der Waals surface area (Å²) < 4.78 is 0. The maximum Gasteiger partial charge on any atom is 0.326 e. The van der Waals surface area contributed by atoms with Crippen LogP contribution in [0.1, 0.15) is 79.9 Å². The van der Waals surface area contributed by atoms with Crippen LogP contribution in [0.3, 0.4) is 0 Å². The number of carboxylic acid groups (broad SMARTS) is 6. The van der Waals surface area contributed by atoms with Crippen molar-refractivity contribution in [3.05, 3.63) is 106 Å². The molecule has 27 heteroatoms. The third-order valence-electron chi connectivity index (χ3n) is 12.5. The highest BCUT2D eigenvalue weighted by atomic mass is 16.4. The van der Waals surface area contributed by atoms with E-state index in [1.54, 1.807) is 87.5 Å². The van der Waals surface area contributed by atoms with E-state index in [9.17, 15) is 78.3 Å². The number of aliphatic carboxylic acids is 6. The van der Waals surface area contributed by atoms with Gasteiger partial charge in [-0.1, -0.05) is 36.4 Å². The fourth-order valence-electron chi connectivity index (χ4n) is 8.05. The Morgan fingerprint density at radius 1 is 0.392 bits per heavy atom. The number of amides is 6. The van der Waals surface area contributed by atoms with Crippen molar-refractivity contribution in [3.8, 4) is 0 Å². The van der Waals surface area contributed by atoms with Gasteiger partial charge in [0.05, 0.1) is 26.2 Å². The Bertz CT molecular complexity index is 2550. The van der Waals surface area contributed by atoms with Gasteiger partial charge in [-0.2, -0.15) is 0 Å². The van der Waals surface area contributed by atoms with Crippen LogP contribution in [0, 0.1) is 0 Å². The standard InChI is InChI=1S/C52H68N10O17/c63-42(30-59-19-21-60(31-44(66)67)23-25-62(33-46(70)71)26-24-61(22-20-59)32-45(68)69)54-27-34-4-12-38(13-5-34)48(73)56-29-36-8-14-39(15-9-36)49(74)55-28-35-6-10-37(11-7-35)47(72)53-18-2-1-3-40(50(75)76)57-52(79)58-41(51(77)78)16-17-43(64)65/h4-15,40-41H,1-3,16-33H2,(H,53,72)(H,54,63)(H,55,74)(H,56,73)(H,64,65)(H,66,67)(H,68,69)(H,70,71)(H,75,76)(H,77,78)(H2,57,58,79)/t40-,41-/m0/s1. The van der Waals surface area contributed by atoms with Crippen molar-refractivity contribution in [3.63, 3.8) is 0 Å². The van der Waals surface area contributed by atoms with Crippen LogP contribution in [-0.2, 0) is 53.2 Å². The van der Waals surface area contributed by atoms with E-state index in [2.05, 4.69) is 31.9 Å². The highest BCUT2D eigenvalue weighted by Crippen LogP contribution is 2.11. The van der Waals surface area contributed by atoms with E-state index in [-0.39, 0.29) is 122 Å². The molecular weight excluding hydrogens is 1040 g/mol. The Hall–Kier alpha value is -8.53. The monoisotopic (exact) mass is 1100 g/mol. The van der Waals surface area contributed by atoms with Gasteiger partial charge in [0.1, 0.15) is 12.1 Å². The summed E-state index contributed by atoms with van der Waals surface area (Å²) >= 11 is 0. The van der Waals surface area contributed by atoms with Crippen molar-refractivity contribution in [1.29, 1.82) is 0 Å². The van der Waals surface area contributed by atoms with E-state index in [4.69, 9.17) is 5.11 Å². The highest BCUT2D eigenvalue weighted by molar-refractivity contribution is 5.95. The lowest BCUT2D eigenvalue weighted by atomic mass is 10.1. The van der Waals surface area contributed by atoms with Crippen LogP contribution < -0.4 is 31.9 Å². The van der Waals surface area contributed by atoms with E-state index in [1.165, 1.54) is 0 Å². The number of rotatable bonds is 29. The Kier molecular flexibility index (Phi) is 26.3. The molecule has 12 N–H and O–H groups in total. The first kappa shape index (κ1) is 63.0. The lowest BCUT2D eigenvalue weighted by molar-refractivity contribution is -0.141. The number of nitrogens with zero attached hydrogens (tertiary/aromatic N) is 4. The Balaban J connectivity index is 1.16. The van der Waals surface area contributed by atoms with Crippen LogP contribution in [0.4, 0.5) is 4.79 Å². The minimum atomic E-state index is -1.53. The molecular formula is C52H68N10O17. The van der Waals surface area contributed by atoms with Gasteiger partial charge < -0.3 is 62.5 Å². The van der Waals surface area contributed by atoms with Gasteiger partial charge in [-0.3, -0.25) is 58.0 Å². The molecule has 3 aromatic carbocycles. The van der Waals surface area contributed by atoms with Crippen LogP contribution >= 0.6 is 0 Å². The summed E-state index contributed by atoms with van der Waals surface area (Å²) in [5.74, 6) is -8.67. The summed E-state index contributed by atoms with van der Waals surface area (Å²) in [5.41, 5.74) is 3.24. The highest BCUT2D eigenvalue weighted by Gasteiger charge is 2.26. The molecule has 27 nitrogen and oxygen atoms in total. The van der Waals surface area contributed by atoms with E-state index < -0.39 is 72.7 Å². The fourth-order valence-corrected chi connectivity index (χ4v) is 8.05. The van der Waals surface area contributed by atoms with Crippen LogP contribution in [-0.4, -0.2) is 213 Å². The Labute approximate surface area is 454 Å². The van der Waals surface area contributed by atoms with Gasteiger partial charge in [0.2, 0.25) is 5.91 Å². The summed E-state index contributed by atoms with van der Waals surface area (Å²) in [6.07, 6.45) is -0.315. The van der Waals surface area contributed by atoms with E-state index >= 15 is 0 Å². The molecule has 1 saturated heterocycles. The van der Waals surface area contributed by atoms with Crippen molar-refractivity contribution in [1.82, 2.24) is 51.5 Å². The molecule has 0 aromatic heterocycles. The maximum atomic E-state index is 13.2. The van der Waals surface area contributed by atoms with E-state index in [1.807, 2.05) is 4.90 Å².